The van der Waals surface area contributed by atoms with Crippen molar-refractivity contribution < 1.29 is 0 Å². The van der Waals surface area contributed by atoms with E-state index < -0.39 is 0 Å². The predicted octanol–water partition coefficient (Wildman–Crippen LogP) is 11.2. The Kier molecular flexibility index (Phi) is 6.00. The molecule has 9 aromatic rings. The molecule has 9 rings (SSSR count). The molecule has 0 N–H and O–H groups in total. The molecule has 0 saturated carbocycles. The molecule has 0 radical (unpaired) electrons. The number of rotatable bonds is 4. The normalized spacial score (nSPS) is 11.6. The summed E-state index contributed by atoms with van der Waals surface area (Å²) in [6, 6.07) is 49.4. The average molecular weight is 592 g/mol. The molecule has 0 aliphatic heterocycles. The number of benzene rings is 6. The fourth-order valence-electron chi connectivity index (χ4n) is 6.42. The van der Waals surface area contributed by atoms with Crippen LogP contribution in [0.3, 0.4) is 0 Å². The van der Waals surface area contributed by atoms with Crippen LogP contribution in [0, 0.1) is 0 Å². The van der Waals surface area contributed by atoms with E-state index in [1.165, 1.54) is 31.8 Å². The van der Waals surface area contributed by atoms with E-state index in [0.29, 0.717) is 5.82 Å². The summed E-state index contributed by atoms with van der Waals surface area (Å²) < 4.78 is 2.32. The third-order valence-electron chi connectivity index (χ3n) is 8.53. The highest BCUT2D eigenvalue weighted by molar-refractivity contribution is 7.26. The summed E-state index contributed by atoms with van der Waals surface area (Å²) in [5.41, 5.74) is 8.43. The molecule has 0 aliphatic carbocycles. The maximum atomic E-state index is 5.30. The second kappa shape index (κ2) is 10.5. The van der Waals surface area contributed by atoms with E-state index in [1.54, 1.807) is 11.3 Å². The number of hydrogen-bond donors (Lipinski definition) is 0. The summed E-state index contributed by atoms with van der Waals surface area (Å²) in [4.78, 5) is 15.0. The highest BCUT2D eigenvalue weighted by Crippen LogP contribution is 2.42. The Bertz CT molecular complexity index is 2540. The molecule has 0 aliphatic rings. The van der Waals surface area contributed by atoms with Gasteiger partial charge in [-0.2, -0.15) is 0 Å². The number of nitrogens with zero attached hydrogens (tertiary/aromatic N) is 3. The van der Waals surface area contributed by atoms with Gasteiger partial charge < -0.3 is 0 Å². The van der Waals surface area contributed by atoms with Gasteiger partial charge in [0.25, 0.3) is 0 Å². The largest absolute Gasteiger partial charge is 0.264 e. The van der Waals surface area contributed by atoms with Crippen molar-refractivity contribution in [2.45, 2.75) is 0 Å². The zero-order valence-electron chi connectivity index (χ0n) is 24.2. The summed E-state index contributed by atoms with van der Waals surface area (Å²) in [5.74, 6) is 0.710. The van der Waals surface area contributed by atoms with Gasteiger partial charge in [0.2, 0.25) is 0 Å². The van der Waals surface area contributed by atoms with Crippen LogP contribution in [0.4, 0.5) is 0 Å². The standard InChI is InChI=1S/C41H25N3S/c1-2-11-26(12-3-1)38-40-39(35-18-8-9-19-37(35)45-40)44-41(43-38)31-22-29(28-14-10-20-42-25-28)21-30(23-31)36-24-27-13-4-5-15-32(27)33-16-6-7-17-34(33)36/h1-25H. The first-order chi connectivity index (χ1) is 22.3. The van der Waals surface area contributed by atoms with Crippen LogP contribution in [-0.4, -0.2) is 15.0 Å². The second-order valence-corrected chi connectivity index (χ2v) is 12.3. The summed E-state index contributed by atoms with van der Waals surface area (Å²) in [7, 11) is 0. The van der Waals surface area contributed by atoms with E-state index in [-0.39, 0.29) is 0 Å². The first-order valence-corrected chi connectivity index (χ1v) is 15.8. The average Bonchev–Trinajstić information content (AvgIpc) is 3.50. The fraction of sp³-hybridized carbons (Fsp3) is 0. The number of pyridine rings is 1. The van der Waals surface area contributed by atoms with Crippen LogP contribution < -0.4 is 0 Å². The van der Waals surface area contributed by atoms with E-state index in [4.69, 9.17) is 9.97 Å². The van der Waals surface area contributed by atoms with Gasteiger partial charge in [0.1, 0.15) is 0 Å². The van der Waals surface area contributed by atoms with E-state index in [9.17, 15) is 0 Å². The molecular formula is C41H25N3S. The highest BCUT2D eigenvalue weighted by Gasteiger charge is 2.18. The number of thiophene rings is 1. The van der Waals surface area contributed by atoms with Crippen LogP contribution in [0.5, 0.6) is 0 Å². The van der Waals surface area contributed by atoms with E-state index in [0.717, 1.165) is 49.1 Å². The SMILES string of the molecule is c1ccc(-c2nc(-c3cc(-c4cccnc4)cc(-c4cc5ccccc5c5ccccc45)c3)nc3c2sc2ccccc23)cc1. The molecule has 0 amide bonds. The van der Waals surface area contributed by atoms with E-state index >= 15 is 0 Å². The van der Waals surface area contributed by atoms with E-state index in [1.807, 2.05) is 24.5 Å². The van der Waals surface area contributed by atoms with Crippen LogP contribution >= 0.6 is 11.3 Å². The van der Waals surface area contributed by atoms with E-state index in [2.05, 4.69) is 132 Å². The topological polar surface area (TPSA) is 38.7 Å². The van der Waals surface area contributed by atoms with Crippen molar-refractivity contribution in [3.63, 3.8) is 0 Å². The van der Waals surface area contributed by atoms with Crippen LogP contribution in [0.2, 0.25) is 0 Å². The first kappa shape index (κ1) is 25.8. The third-order valence-corrected chi connectivity index (χ3v) is 9.70. The zero-order valence-corrected chi connectivity index (χ0v) is 25.0. The van der Waals surface area contributed by atoms with Crippen LogP contribution in [0.15, 0.2) is 152 Å². The van der Waals surface area contributed by atoms with Gasteiger partial charge in [-0.3, -0.25) is 4.98 Å². The van der Waals surface area contributed by atoms with Gasteiger partial charge in [-0.05, 0) is 74.6 Å². The third kappa shape index (κ3) is 4.38. The summed E-state index contributed by atoms with van der Waals surface area (Å²) in [6.07, 6.45) is 3.74. The predicted molar refractivity (Wildman–Crippen MR) is 189 cm³/mol. The Morgan fingerprint density at radius 3 is 2.00 bits per heavy atom. The highest BCUT2D eigenvalue weighted by atomic mass is 32.1. The van der Waals surface area contributed by atoms with Crippen molar-refractivity contribution in [3.8, 4) is 44.9 Å². The molecule has 6 aromatic carbocycles. The van der Waals surface area contributed by atoms with Crippen molar-refractivity contribution >= 4 is 53.2 Å². The Hall–Kier alpha value is -5.71. The Morgan fingerprint density at radius 1 is 0.467 bits per heavy atom. The van der Waals surface area contributed by atoms with Gasteiger partial charge in [0.15, 0.2) is 5.82 Å². The molecule has 3 nitrogen and oxygen atoms in total. The Morgan fingerprint density at radius 2 is 1.16 bits per heavy atom. The molecule has 3 aromatic heterocycles. The lowest BCUT2D eigenvalue weighted by Gasteiger charge is -2.15. The van der Waals surface area contributed by atoms with Crippen molar-refractivity contribution in [1.29, 1.82) is 0 Å². The lowest BCUT2D eigenvalue weighted by Crippen LogP contribution is -1.95. The fourth-order valence-corrected chi connectivity index (χ4v) is 7.57. The minimum atomic E-state index is 0.710. The molecule has 0 saturated heterocycles. The minimum Gasteiger partial charge on any atom is -0.264 e. The maximum absolute atomic E-state index is 5.30. The molecule has 0 bridgehead atoms. The van der Waals surface area contributed by atoms with Crippen molar-refractivity contribution in [2.75, 3.05) is 0 Å². The molecule has 4 heteroatoms. The maximum Gasteiger partial charge on any atom is 0.160 e. The van der Waals surface area contributed by atoms with Gasteiger partial charge in [0.05, 0.1) is 15.9 Å². The van der Waals surface area contributed by atoms with Gasteiger partial charge in [-0.1, -0.05) is 103 Å². The molecule has 0 atom stereocenters. The number of aromatic nitrogens is 3. The van der Waals surface area contributed by atoms with Gasteiger partial charge in [-0.15, -0.1) is 11.3 Å². The minimum absolute atomic E-state index is 0.710. The monoisotopic (exact) mass is 591 g/mol. The van der Waals surface area contributed by atoms with Crippen molar-refractivity contribution in [3.05, 3.63) is 152 Å². The Balaban J connectivity index is 1.36. The second-order valence-electron chi connectivity index (χ2n) is 11.3. The molecule has 0 fully saturated rings. The number of fused-ring (bicyclic) bond motifs is 6. The number of hydrogen-bond acceptors (Lipinski definition) is 4. The summed E-state index contributed by atoms with van der Waals surface area (Å²) in [5, 5.41) is 6.09. The van der Waals surface area contributed by atoms with Crippen LogP contribution in [0.25, 0.3) is 86.7 Å². The van der Waals surface area contributed by atoms with Crippen molar-refractivity contribution in [2.24, 2.45) is 0 Å². The zero-order chi connectivity index (χ0) is 29.7. The quantitative estimate of drug-likeness (QED) is 0.191. The van der Waals surface area contributed by atoms with Crippen molar-refractivity contribution in [1.82, 2.24) is 15.0 Å². The van der Waals surface area contributed by atoms with Crippen LogP contribution in [-0.2, 0) is 0 Å². The van der Waals surface area contributed by atoms with Gasteiger partial charge in [0, 0.05) is 39.2 Å². The lowest BCUT2D eigenvalue weighted by atomic mass is 9.90. The first-order valence-electron chi connectivity index (χ1n) is 15.0. The summed E-state index contributed by atoms with van der Waals surface area (Å²) >= 11 is 1.76. The van der Waals surface area contributed by atoms with Gasteiger partial charge >= 0.3 is 0 Å². The Labute approximate surface area is 264 Å². The molecule has 210 valence electrons. The van der Waals surface area contributed by atoms with Crippen LogP contribution in [0.1, 0.15) is 0 Å². The molecule has 0 spiro atoms. The smallest absolute Gasteiger partial charge is 0.160 e. The lowest BCUT2D eigenvalue weighted by molar-refractivity contribution is 1.24. The molecular weight excluding hydrogens is 567 g/mol. The molecule has 45 heavy (non-hydrogen) atoms. The summed E-state index contributed by atoms with van der Waals surface area (Å²) in [6.45, 7) is 0. The van der Waals surface area contributed by atoms with Gasteiger partial charge in [-0.25, -0.2) is 9.97 Å². The molecule has 3 heterocycles. The molecule has 0 unspecified atom stereocenters.